The van der Waals surface area contributed by atoms with Crippen molar-refractivity contribution in [3.63, 3.8) is 0 Å². The molecule has 13 heavy (non-hydrogen) atoms. The first-order chi connectivity index (χ1) is 6.04. The van der Waals surface area contributed by atoms with Gasteiger partial charge in [0.2, 0.25) is 14.2 Å². The monoisotopic (exact) mass is 238 g/mol. The van der Waals surface area contributed by atoms with Gasteiger partial charge in [-0.3, -0.25) is 0 Å². The normalized spacial score (nSPS) is 11.8. The van der Waals surface area contributed by atoms with E-state index in [1.54, 1.807) is 0 Å². The van der Waals surface area contributed by atoms with Crippen LogP contribution in [-0.4, -0.2) is 30.6 Å². The summed E-state index contributed by atoms with van der Waals surface area (Å²) in [7, 11) is -3.18. The number of rotatable bonds is 4. The number of hydrogen-bond donors (Lipinski definition) is 0. The molecule has 0 saturated heterocycles. The van der Waals surface area contributed by atoms with Gasteiger partial charge in [-0.2, -0.15) is 0 Å². The van der Waals surface area contributed by atoms with Crippen molar-refractivity contribution in [3.8, 4) is 0 Å². The average Bonchev–Trinajstić information content (AvgIpc) is 2.47. The molecule has 0 aliphatic rings. The third-order valence-electron chi connectivity index (χ3n) is 1.13. The van der Waals surface area contributed by atoms with E-state index in [0.717, 1.165) is 34.1 Å². The molecule has 0 amide bonds. The van der Waals surface area contributed by atoms with E-state index < -0.39 is 9.84 Å². The van der Waals surface area contributed by atoms with Crippen LogP contribution in [-0.2, 0) is 9.84 Å². The SMILES string of the molecule is CCCSc1nnc(S(C)(=O)=O)s1. The molecule has 0 atom stereocenters. The van der Waals surface area contributed by atoms with E-state index >= 15 is 0 Å². The molecule has 74 valence electrons. The maximum Gasteiger partial charge on any atom is 0.233 e. The van der Waals surface area contributed by atoms with E-state index in [4.69, 9.17) is 0 Å². The van der Waals surface area contributed by atoms with Crippen molar-refractivity contribution in [2.24, 2.45) is 0 Å². The van der Waals surface area contributed by atoms with Crippen molar-refractivity contribution in [3.05, 3.63) is 0 Å². The molecular formula is C6H10N2O2S3. The standard InChI is InChI=1S/C6H10N2O2S3/c1-3-4-11-5-7-8-6(12-5)13(2,9)10/h3-4H2,1-2H3. The molecule has 0 radical (unpaired) electrons. The summed E-state index contributed by atoms with van der Waals surface area (Å²) in [5.41, 5.74) is 0. The Hall–Kier alpha value is -0.140. The van der Waals surface area contributed by atoms with Gasteiger partial charge in [-0.25, -0.2) is 8.42 Å². The Morgan fingerprint density at radius 3 is 2.62 bits per heavy atom. The topological polar surface area (TPSA) is 59.9 Å². The summed E-state index contributed by atoms with van der Waals surface area (Å²) in [5.74, 6) is 0.943. The fourth-order valence-electron chi connectivity index (χ4n) is 0.595. The van der Waals surface area contributed by atoms with Crippen LogP contribution in [0.3, 0.4) is 0 Å². The van der Waals surface area contributed by atoms with Crippen molar-refractivity contribution in [1.82, 2.24) is 10.2 Å². The van der Waals surface area contributed by atoms with Gasteiger partial charge in [-0.1, -0.05) is 30.0 Å². The maximum absolute atomic E-state index is 11.0. The lowest BCUT2D eigenvalue weighted by Gasteiger charge is -1.88. The lowest BCUT2D eigenvalue weighted by Crippen LogP contribution is -1.95. The van der Waals surface area contributed by atoms with E-state index in [-0.39, 0.29) is 4.34 Å². The van der Waals surface area contributed by atoms with Crippen LogP contribution < -0.4 is 0 Å². The van der Waals surface area contributed by atoms with E-state index in [0.29, 0.717) is 0 Å². The molecule has 0 bridgehead atoms. The Balaban J connectivity index is 2.76. The smallest absolute Gasteiger partial charge is 0.221 e. The largest absolute Gasteiger partial charge is 0.233 e. The highest BCUT2D eigenvalue weighted by atomic mass is 32.2. The predicted molar refractivity (Wildman–Crippen MR) is 54.0 cm³/mol. The number of aromatic nitrogens is 2. The molecule has 0 aliphatic heterocycles. The van der Waals surface area contributed by atoms with E-state index in [2.05, 4.69) is 17.1 Å². The van der Waals surface area contributed by atoms with Crippen LogP contribution in [0.1, 0.15) is 13.3 Å². The van der Waals surface area contributed by atoms with E-state index in [1.807, 2.05) is 0 Å². The predicted octanol–water partition coefficient (Wildman–Crippen LogP) is 1.44. The highest BCUT2D eigenvalue weighted by Gasteiger charge is 2.13. The summed E-state index contributed by atoms with van der Waals surface area (Å²) in [6.07, 6.45) is 2.18. The molecule has 0 aliphatic carbocycles. The molecule has 1 heterocycles. The van der Waals surface area contributed by atoms with Crippen molar-refractivity contribution in [1.29, 1.82) is 0 Å². The minimum absolute atomic E-state index is 0.103. The highest BCUT2D eigenvalue weighted by molar-refractivity contribution is 8.01. The van der Waals surface area contributed by atoms with E-state index in [1.165, 1.54) is 11.8 Å². The summed E-state index contributed by atoms with van der Waals surface area (Å²) in [4.78, 5) is 0. The summed E-state index contributed by atoms with van der Waals surface area (Å²) in [5, 5.41) is 7.37. The van der Waals surface area contributed by atoms with Gasteiger partial charge in [-0.15, -0.1) is 10.2 Å². The second-order valence-electron chi connectivity index (χ2n) is 2.45. The molecule has 1 aromatic rings. The zero-order chi connectivity index (χ0) is 9.90. The number of nitrogens with zero attached hydrogens (tertiary/aromatic N) is 2. The fraction of sp³-hybridized carbons (Fsp3) is 0.667. The summed E-state index contributed by atoms with van der Waals surface area (Å²) < 4.78 is 22.9. The lowest BCUT2D eigenvalue weighted by molar-refractivity contribution is 0.599. The molecular weight excluding hydrogens is 228 g/mol. The first kappa shape index (κ1) is 10.9. The summed E-state index contributed by atoms with van der Waals surface area (Å²) >= 11 is 2.67. The zero-order valence-electron chi connectivity index (χ0n) is 7.35. The minimum atomic E-state index is -3.18. The summed E-state index contributed by atoms with van der Waals surface area (Å²) in [6, 6.07) is 0. The van der Waals surface area contributed by atoms with Crippen LogP contribution in [0.4, 0.5) is 0 Å². The molecule has 0 aromatic carbocycles. The van der Waals surface area contributed by atoms with Crippen LogP contribution >= 0.6 is 23.1 Å². The Labute approximate surface area is 85.7 Å². The minimum Gasteiger partial charge on any atom is -0.221 e. The molecule has 0 unspecified atom stereocenters. The molecule has 1 rings (SSSR count). The molecule has 0 saturated carbocycles. The number of sulfone groups is 1. The highest BCUT2D eigenvalue weighted by Crippen LogP contribution is 2.25. The zero-order valence-corrected chi connectivity index (χ0v) is 9.80. The molecule has 7 heteroatoms. The van der Waals surface area contributed by atoms with Gasteiger partial charge in [0.15, 0.2) is 4.34 Å². The Morgan fingerprint density at radius 2 is 2.15 bits per heavy atom. The Kier molecular flexibility index (Phi) is 3.69. The van der Waals surface area contributed by atoms with Gasteiger partial charge in [0, 0.05) is 12.0 Å². The van der Waals surface area contributed by atoms with Gasteiger partial charge in [0.25, 0.3) is 0 Å². The van der Waals surface area contributed by atoms with Crippen LogP contribution in [0.2, 0.25) is 0 Å². The molecule has 0 N–H and O–H groups in total. The van der Waals surface area contributed by atoms with Crippen molar-refractivity contribution < 1.29 is 8.42 Å². The van der Waals surface area contributed by atoms with Gasteiger partial charge >= 0.3 is 0 Å². The Morgan fingerprint density at radius 1 is 1.46 bits per heavy atom. The second kappa shape index (κ2) is 4.39. The van der Waals surface area contributed by atoms with Crippen LogP contribution in [0.25, 0.3) is 0 Å². The molecule has 4 nitrogen and oxygen atoms in total. The van der Waals surface area contributed by atoms with Crippen molar-refractivity contribution in [2.45, 2.75) is 22.0 Å². The number of thioether (sulfide) groups is 1. The van der Waals surface area contributed by atoms with Crippen molar-refractivity contribution >= 4 is 32.9 Å². The van der Waals surface area contributed by atoms with Crippen LogP contribution in [0.5, 0.6) is 0 Å². The van der Waals surface area contributed by atoms with Gasteiger partial charge in [-0.05, 0) is 6.42 Å². The molecule has 0 spiro atoms. The number of hydrogen-bond acceptors (Lipinski definition) is 6. The first-order valence-electron chi connectivity index (χ1n) is 3.70. The average molecular weight is 238 g/mol. The first-order valence-corrected chi connectivity index (χ1v) is 7.39. The van der Waals surface area contributed by atoms with Gasteiger partial charge < -0.3 is 0 Å². The lowest BCUT2D eigenvalue weighted by atomic mass is 10.6. The fourth-order valence-corrected chi connectivity index (χ4v) is 3.30. The molecule has 1 aromatic heterocycles. The van der Waals surface area contributed by atoms with Crippen molar-refractivity contribution in [2.75, 3.05) is 12.0 Å². The van der Waals surface area contributed by atoms with Crippen LogP contribution in [0.15, 0.2) is 8.68 Å². The van der Waals surface area contributed by atoms with Gasteiger partial charge in [0.05, 0.1) is 0 Å². The third kappa shape index (κ3) is 3.24. The molecule has 0 fully saturated rings. The second-order valence-corrected chi connectivity index (χ2v) is 6.96. The van der Waals surface area contributed by atoms with E-state index in [9.17, 15) is 8.42 Å². The maximum atomic E-state index is 11.0. The van der Waals surface area contributed by atoms with Gasteiger partial charge in [0.1, 0.15) is 0 Å². The Bertz CT molecular complexity index is 371. The van der Waals surface area contributed by atoms with Crippen LogP contribution in [0, 0.1) is 0 Å². The third-order valence-corrected chi connectivity index (χ3v) is 5.07. The quantitative estimate of drug-likeness (QED) is 0.743. The summed E-state index contributed by atoms with van der Waals surface area (Å²) in [6.45, 7) is 2.06.